The lowest BCUT2D eigenvalue weighted by Gasteiger charge is -2.16. The standard InChI is InChI=1S/C15H18O3/c1-4-11(16)12-7-9-5-6-10-8-15(2,3)18-14(10)13(9)17-12/h5-7,11,16H,4,8H2,1-3H3. The van der Waals surface area contributed by atoms with Gasteiger partial charge in [0.2, 0.25) is 0 Å². The van der Waals surface area contributed by atoms with Crippen molar-refractivity contribution in [2.24, 2.45) is 0 Å². The van der Waals surface area contributed by atoms with Gasteiger partial charge in [-0.3, -0.25) is 0 Å². The van der Waals surface area contributed by atoms with Crippen LogP contribution < -0.4 is 4.74 Å². The Kier molecular flexibility index (Phi) is 2.42. The van der Waals surface area contributed by atoms with Crippen LogP contribution in [0.25, 0.3) is 11.0 Å². The summed E-state index contributed by atoms with van der Waals surface area (Å²) in [4.78, 5) is 0. The predicted octanol–water partition coefficient (Wildman–Crippen LogP) is 3.59. The van der Waals surface area contributed by atoms with Crippen LogP contribution in [0.4, 0.5) is 0 Å². The van der Waals surface area contributed by atoms with Crippen molar-refractivity contribution in [2.45, 2.75) is 45.3 Å². The van der Waals surface area contributed by atoms with E-state index in [1.54, 1.807) is 0 Å². The lowest BCUT2D eigenvalue weighted by molar-refractivity contribution is 0.135. The Morgan fingerprint density at radius 3 is 2.89 bits per heavy atom. The minimum Gasteiger partial charge on any atom is -0.483 e. The Morgan fingerprint density at radius 1 is 1.39 bits per heavy atom. The second-order valence-electron chi connectivity index (χ2n) is 5.58. The van der Waals surface area contributed by atoms with E-state index in [1.165, 1.54) is 5.56 Å². The molecule has 3 heteroatoms. The van der Waals surface area contributed by atoms with Crippen LogP contribution in [0.1, 0.15) is 44.6 Å². The molecule has 2 heterocycles. The predicted molar refractivity (Wildman–Crippen MR) is 69.9 cm³/mol. The summed E-state index contributed by atoms with van der Waals surface area (Å²) < 4.78 is 11.7. The summed E-state index contributed by atoms with van der Waals surface area (Å²) in [5.41, 5.74) is 1.77. The first kappa shape index (κ1) is 11.6. The molecule has 1 aliphatic heterocycles. The number of ether oxygens (including phenoxy) is 1. The van der Waals surface area contributed by atoms with Crippen LogP contribution in [0, 0.1) is 0 Å². The van der Waals surface area contributed by atoms with Crippen molar-refractivity contribution in [1.29, 1.82) is 0 Å². The molecule has 1 aromatic heterocycles. The summed E-state index contributed by atoms with van der Waals surface area (Å²) in [7, 11) is 0. The Labute approximate surface area is 106 Å². The van der Waals surface area contributed by atoms with Gasteiger partial charge in [0.1, 0.15) is 17.5 Å². The van der Waals surface area contributed by atoms with E-state index in [1.807, 2.05) is 19.1 Å². The van der Waals surface area contributed by atoms with Crippen LogP contribution in [-0.4, -0.2) is 10.7 Å². The van der Waals surface area contributed by atoms with E-state index in [2.05, 4.69) is 19.9 Å². The van der Waals surface area contributed by atoms with Crippen molar-refractivity contribution in [1.82, 2.24) is 0 Å². The Bertz CT molecular complexity index is 595. The molecule has 18 heavy (non-hydrogen) atoms. The number of rotatable bonds is 2. The zero-order valence-electron chi connectivity index (χ0n) is 11.0. The average molecular weight is 246 g/mol. The number of aliphatic hydroxyl groups is 1. The second kappa shape index (κ2) is 3.75. The molecule has 0 bridgehead atoms. The summed E-state index contributed by atoms with van der Waals surface area (Å²) in [5, 5.41) is 10.8. The van der Waals surface area contributed by atoms with Gasteiger partial charge in [0.15, 0.2) is 11.3 Å². The van der Waals surface area contributed by atoms with Gasteiger partial charge in [0.25, 0.3) is 0 Å². The Morgan fingerprint density at radius 2 is 2.17 bits per heavy atom. The molecule has 3 rings (SSSR count). The molecular weight excluding hydrogens is 228 g/mol. The van der Waals surface area contributed by atoms with Gasteiger partial charge in [-0.2, -0.15) is 0 Å². The highest BCUT2D eigenvalue weighted by Gasteiger charge is 2.32. The summed E-state index contributed by atoms with van der Waals surface area (Å²) >= 11 is 0. The average Bonchev–Trinajstić information content (AvgIpc) is 2.86. The minimum absolute atomic E-state index is 0.174. The zero-order chi connectivity index (χ0) is 12.9. The van der Waals surface area contributed by atoms with E-state index in [9.17, 15) is 5.11 Å². The van der Waals surface area contributed by atoms with E-state index < -0.39 is 6.10 Å². The molecule has 96 valence electrons. The van der Waals surface area contributed by atoms with E-state index in [4.69, 9.17) is 9.15 Å². The van der Waals surface area contributed by atoms with Crippen LogP contribution in [0.3, 0.4) is 0 Å². The van der Waals surface area contributed by atoms with E-state index in [-0.39, 0.29) is 5.60 Å². The fourth-order valence-corrected chi connectivity index (χ4v) is 2.53. The molecule has 0 spiro atoms. The third-order valence-electron chi connectivity index (χ3n) is 3.45. The fourth-order valence-electron chi connectivity index (χ4n) is 2.53. The molecule has 1 unspecified atom stereocenters. The normalized spacial score (nSPS) is 18.7. The molecule has 1 aromatic carbocycles. The number of benzene rings is 1. The Hall–Kier alpha value is -1.48. The summed E-state index contributed by atoms with van der Waals surface area (Å²) in [6.07, 6.45) is 1.00. The van der Waals surface area contributed by atoms with Gasteiger partial charge in [-0.15, -0.1) is 0 Å². The van der Waals surface area contributed by atoms with Gasteiger partial charge < -0.3 is 14.3 Å². The smallest absolute Gasteiger partial charge is 0.176 e. The molecule has 0 saturated carbocycles. The van der Waals surface area contributed by atoms with Gasteiger partial charge in [-0.05, 0) is 26.3 Å². The lowest BCUT2D eigenvalue weighted by atomic mass is 10.0. The van der Waals surface area contributed by atoms with Gasteiger partial charge in [-0.1, -0.05) is 19.1 Å². The van der Waals surface area contributed by atoms with E-state index >= 15 is 0 Å². The van der Waals surface area contributed by atoms with Crippen molar-refractivity contribution in [3.05, 3.63) is 29.5 Å². The molecule has 0 aliphatic carbocycles. The molecule has 0 fully saturated rings. The van der Waals surface area contributed by atoms with Crippen LogP contribution in [0.2, 0.25) is 0 Å². The van der Waals surface area contributed by atoms with Crippen molar-refractivity contribution in [2.75, 3.05) is 0 Å². The number of hydrogen-bond acceptors (Lipinski definition) is 3. The molecule has 2 aromatic rings. The SMILES string of the molecule is CCC(O)c1cc2ccc3c(c2o1)OC(C)(C)C3. The first-order valence-corrected chi connectivity index (χ1v) is 6.42. The van der Waals surface area contributed by atoms with Crippen molar-refractivity contribution in [3.8, 4) is 5.75 Å². The van der Waals surface area contributed by atoms with Gasteiger partial charge in [-0.25, -0.2) is 0 Å². The van der Waals surface area contributed by atoms with Gasteiger partial charge in [0, 0.05) is 17.4 Å². The topological polar surface area (TPSA) is 42.6 Å². The zero-order valence-corrected chi connectivity index (χ0v) is 11.0. The first-order valence-electron chi connectivity index (χ1n) is 6.42. The molecule has 0 saturated heterocycles. The van der Waals surface area contributed by atoms with Crippen molar-refractivity contribution in [3.63, 3.8) is 0 Å². The minimum atomic E-state index is -0.539. The summed E-state index contributed by atoms with van der Waals surface area (Å²) in [6.45, 7) is 6.08. The fraction of sp³-hybridized carbons (Fsp3) is 0.467. The molecule has 1 N–H and O–H groups in total. The molecule has 3 nitrogen and oxygen atoms in total. The third-order valence-corrected chi connectivity index (χ3v) is 3.45. The van der Waals surface area contributed by atoms with E-state index in [0.29, 0.717) is 12.2 Å². The largest absolute Gasteiger partial charge is 0.483 e. The first-order chi connectivity index (χ1) is 8.50. The van der Waals surface area contributed by atoms with Crippen LogP contribution >= 0.6 is 0 Å². The molecular formula is C15H18O3. The maximum absolute atomic E-state index is 9.85. The summed E-state index contributed by atoms with van der Waals surface area (Å²) in [5.74, 6) is 1.46. The van der Waals surface area contributed by atoms with Crippen LogP contribution in [-0.2, 0) is 6.42 Å². The maximum Gasteiger partial charge on any atom is 0.176 e. The highest BCUT2D eigenvalue weighted by molar-refractivity contribution is 5.86. The maximum atomic E-state index is 9.85. The highest BCUT2D eigenvalue weighted by Crippen LogP contribution is 2.42. The summed E-state index contributed by atoms with van der Waals surface area (Å²) in [6, 6.07) is 6.02. The number of furan rings is 1. The quantitative estimate of drug-likeness (QED) is 0.880. The molecule has 1 aliphatic rings. The van der Waals surface area contributed by atoms with E-state index in [0.717, 1.165) is 23.1 Å². The highest BCUT2D eigenvalue weighted by atomic mass is 16.5. The molecule has 1 atom stereocenters. The van der Waals surface area contributed by atoms with Crippen LogP contribution in [0.15, 0.2) is 22.6 Å². The van der Waals surface area contributed by atoms with Gasteiger partial charge >= 0.3 is 0 Å². The van der Waals surface area contributed by atoms with Crippen LogP contribution in [0.5, 0.6) is 5.75 Å². The second-order valence-corrected chi connectivity index (χ2v) is 5.58. The Balaban J connectivity index is 2.14. The number of fused-ring (bicyclic) bond motifs is 3. The molecule has 0 amide bonds. The number of hydrogen-bond donors (Lipinski definition) is 1. The molecule has 0 radical (unpaired) electrons. The van der Waals surface area contributed by atoms with Crippen molar-refractivity contribution >= 4 is 11.0 Å². The number of aliphatic hydroxyl groups excluding tert-OH is 1. The van der Waals surface area contributed by atoms with Crippen molar-refractivity contribution < 1.29 is 14.3 Å². The lowest BCUT2D eigenvalue weighted by Crippen LogP contribution is -2.24. The third kappa shape index (κ3) is 1.70. The monoisotopic (exact) mass is 246 g/mol. The van der Waals surface area contributed by atoms with Gasteiger partial charge in [0.05, 0.1) is 0 Å².